The zero-order chi connectivity index (χ0) is 23.8. The summed E-state index contributed by atoms with van der Waals surface area (Å²) in [5, 5.41) is 9.49. The van der Waals surface area contributed by atoms with Gasteiger partial charge in [0.2, 0.25) is 10.0 Å². The van der Waals surface area contributed by atoms with Gasteiger partial charge in [0.15, 0.2) is 6.23 Å². The minimum absolute atomic E-state index is 0.0397. The fourth-order valence-electron chi connectivity index (χ4n) is 3.92. The van der Waals surface area contributed by atoms with Gasteiger partial charge in [0.1, 0.15) is 5.82 Å². The van der Waals surface area contributed by atoms with Crippen LogP contribution in [0.2, 0.25) is 5.02 Å². The van der Waals surface area contributed by atoms with Crippen molar-refractivity contribution >= 4 is 27.7 Å². The van der Waals surface area contributed by atoms with Crippen LogP contribution in [-0.2, 0) is 21.2 Å². The number of carbonyl (C=O) groups excluding carboxylic acids is 1. The van der Waals surface area contributed by atoms with Crippen molar-refractivity contribution in [1.82, 2.24) is 9.79 Å². The molecule has 0 fully saturated rings. The van der Waals surface area contributed by atoms with E-state index in [1.807, 2.05) is 12.1 Å². The van der Waals surface area contributed by atoms with E-state index in [-0.39, 0.29) is 23.4 Å². The van der Waals surface area contributed by atoms with Crippen molar-refractivity contribution in [3.05, 3.63) is 88.2 Å². The van der Waals surface area contributed by atoms with Crippen LogP contribution in [0.3, 0.4) is 0 Å². The first-order chi connectivity index (χ1) is 15.7. The lowest BCUT2D eigenvalue weighted by Crippen LogP contribution is -2.43. The Morgan fingerprint density at radius 3 is 2.30 bits per heavy atom. The van der Waals surface area contributed by atoms with Gasteiger partial charge < -0.3 is 4.74 Å². The molecule has 0 saturated heterocycles. The third-order valence-electron chi connectivity index (χ3n) is 5.58. The summed E-state index contributed by atoms with van der Waals surface area (Å²) < 4.78 is 47.8. The van der Waals surface area contributed by atoms with Gasteiger partial charge in [0.05, 0.1) is 4.90 Å². The number of carbonyl (C=O) groups is 1. The lowest BCUT2D eigenvalue weighted by Gasteiger charge is -2.36. The molecule has 0 saturated carbocycles. The van der Waals surface area contributed by atoms with Crippen LogP contribution in [0.4, 0.5) is 9.18 Å². The molecule has 10 heteroatoms. The molecule has 0 bridgehead atoms. The number of hydrogen-bond acceptors (Lipinski definition) is 5. The highest BCUT2D eigenvalue weighted by Gasteiger charge is 2.41. The second-order valence-corrected chi connectivity index (χ2v) is 9.85. The number of amides is 1. The Morgan fingerprint density at radius 2 is 1.70 bits per heavy atom. The van der Waals surface area contributed by atoms with Gasteiger partial charge in [-0.05, 0) is 65.9 Å². The van der Waals surface area contributed by atoms with Crippen molar-refractivity contribution in [2.24, 2.45) is 0 Å². The molecular weight excluding hydrogens is 471 g/mol. The Morgan fingerprint density at radius 1 is 1.09 bits per heavy atom. The number of rotatable bonds is 4. The summed E-state index contributed by atoms with van der Waals surface area (Å²) in [5.74, 6) is -0.704. The topological polar surface area (TPSA) is 95.9 Å². The summed E-state index contributed by atoms with van der Waals surface area (Å²) in [6.07, 6.45) is -2.64. The Balaban J connectivity index is 1.73. The van der Waals surface area contributed by atoms with Crippen LogP contribution in [0, 0.1) is 12.7 Å². The van der Waals surface area contributed by atoms with Crippen LogP contribution < -0.4 is 5.48 Å². The molecule has 0 aliphatic carbocycles. The number of sulfonamides is 1. The molecule has 1 unspecified atom stereocenters. The van der Waals surface area contributed by atoms with Gasteiger partial charge in [0, 0.05) is 17.1 Å². The van der Waals surface area contributed by atoms with E-state index >= 15 is 0 Å². The summed E-state index contributed by atoms with van der Waals surface area (Å²) in [4.78, 5) is 11.7. The van der Waals surface area contributed by atoms with Crippen molar-refractivity contribution in [3.63, 3.8) is 0 Å². The first-order valence-electron chi connectivity index (χ1n) is 9.99. The maximum Gasteiger partial charge on any atom is 0.432 e. The lowest BCUT2D eigenvalue weighted by atomic mass is 9.94. The van der Waals surface area contributed by atoms with Gasteiger partial charge in [-0.1, -0.05) is 41.9 Å². The second-order valence-electron chi connectivity index (χ2n) is 7.52. The SMILES string of the molecule is Cc1ccc(F)c2c1CCN(S(=O)(=O)c1ccc(-c3ccc(Cl)cc3)cc1)C2OC(=O)NO. The molecule has 4 rings (SSSR count). The zero-order valence-electron chi connectivity index (χ0n) is 17.5. The highest BCUT2D eigenvalue weighted by Crippen LogP contribution is 2.38. The van der Waals surface area contributed by atoms with Gasteiger partial charge in [-0.2, -0.15) is 4.31 Å². The van der Waals surface area contributed by atoms with E-state index in [0.717, 1.165) is 21.0 Å². The number of benzene rings is 3. The van der Waals surface area contributed by atoms with Crippen LogP contribution in [0.15, 0.2) is 65.6 Å². The molecular formula is C23H20ClFN2O5S. The van der Waals surface area contributed by atoms with Crippen molar-refractivity contribution in [1.29, 1.82) is 0 Å². The monoisotopic (exact) mass is 490 g/mol. The number of hydrogen-bond donors (Lipinski definition) is 2. The van der Waals surface area contributed by atoms with E-state index in [4.69, 9.17) is 21.5 Å². The summed E-state index contributed by atoms with van der Waals surface area (Å²) >= 11 is 5.92. The van der Waals surface area contributed by atoms with E-state index < -0.39 is 28.2 Å². The van der Waals surface area contributed by atoms with E-state index in [0.29, 0.717) is 10.6 Å². The number of aryl methyl sites for hydroxylation is 1. The maximum atomic E-state index is 14.8. The van der Waals surface area contributed by atoms with Gasteiger partial charge in [0.25, 0.3) is 0 Å². The largest absolute Gasteiger partial charge is 0.432 e. The Kier molecular flexibility index (Phi) is 6.40. The molecule has 1 aliphatic rings. The van der Waals surface area contributed by atoms with Crippen molar-refractivity contribution in [2.45, 2.75) is 24.5 Å². The number of hydroxylamine groups is 1. The molecule has 172 valence electrons. The van der Waals surface area contributed by atoms with Gasteiger partial charge in [-0.15, -0.1) is 0 Å². The molecule has 3 aromatic rings. The minimum atomic E-state index is -4.18. The normalized spacial score (nSPS) is 16.2. The predicted octanol–water partition coefficient (Wildman–Crippen LogP) is 4.82. The van der Waals surface area contributed by atoms with E-state index in [1.54, 1.807) is 37.3 Å². The van der Waals surface area contributed by atoms with Crippen LogP contribution in [0.5, 0.6) is 0 Å². The number of nitrogens with zero attached hydrogens (tertiary/aromatic N) is 1. The van der Waals surface area contributed by atoms with Gasteiger partial charge in [-0.3, -0.25) is 5.21 Å². The predicted molar refractivity (Wildman–Crippen MR) is 120 cm³/mol. The molecule has 1 heterocycles. The fraction of sp³-hybridized carbons (Fsp3) is 0.174. The summed E-state index contributed by atoms with van der Waals surface area (Å²) in [5.41, 5.74) is 4.20. The minimum Gasteiger partial charge on any atom is -0.423 e. The molecule has 33 heavy (non-hydrogen) atoms. The van der Waals surface area contributed by atoms with E-state index in [2.05, 4.69) is 0 Å². The van der Waals surface area contributed by atoms with Crippen molar-refractivity contribution in [3.8, 4) is 11.1 Å². The van der Waals surface area contributed by atoms with Crippen molar-refractivity contribution < 1.29 is 27.5 Å². The highest BCUT2D eigenvalue weighted by atomic mass is 35.5. The fourth-order valence-corrected chi connectivity index (χ4v) is 5.52. The molecule has 2 N–H and O–H groups in total. The Hall–Kier alpha value is -2.98. The first-order valence-corrected chi connectivity index (χ1v) is 11.8. The van der Waals surface area contributed by atoms with Crippen LogP contribution >= 0.6 is 11.6 Å². The molecule has 3 aromatic carbocycles. The number of nitrogens with one attached hydrogen (secondary N) is 1. The molecule has 1 atom stereocenters. The number of ether oxygens (including phenoxy) is 1. The quantitative estimate of drug-likeness (QED) is 0.404. The zero-order valence-corrected chi connectivity index (χ0v) is 19.0. The molecule has 0 radical (unpaired) electrons. The third kappa shape index (κ3) is 4.45. The number of fused-ring (bicyclic) bond motifs is 1. The Labute approximate surface area is 195 Å². The lowest BCUT2D eigenvalue weighted by molar-refractivity contribution is 0.000336. The average Bonchev–Trinajstić information content (AvgIpc) is 2.81. The Bertz CT molecular complexity index is 1300. The molecule has 1 aliphatic heterocycles. The summed E-state index contributed by atoms with van der Waals surface area (Å²) in [7, 11) is -4.18. The first kappa shape index (κ1) is 23.2. The standard InChI is InChI=1S/C23H20ClFN2O5S/c1-14-2-11-20(25)21-19(14)12-13-27(22(21)32-23(28)26-29)33(30,31)18-9-5-16(6-10-18)15-3-7-17(24)8-4-15/h2-11,22,29H,12-13H2,1H3,(H,26,28). The van der Waals surface area contributed by atoms with Crippen LogP contribution in [-0.4, -0.2) is 30.6 Å². The average molecular weight is 491 g/mol. The maximum absolute atomic E-state index is 14.8. The van der Waals surface area contributed by atoms with Gasteiger partial charge >= 0.3 is 6.09 Å². The van der Waals surface area contributed by atoms with E-state index in [9.17, 15) is 17.6 Å². The third-order valence-corrected chi connectivity index (χ3v) is 7.69. The van der Waals surface area contributed by atoms with Crippen LogP contribution in [0.25, 0.3) is 11.1 Å². The molecule has 1 amide bonds. The smallest absolute Gasteiger partial charge is 0.423 e. The second kappa shape index (κ2) is 9.11. The molecule has 7 nitrogen and oxygen atoms in total. The van der Waals surface area contributed by atoms with Crippen molar-refractivity contribution in [2.75, 3.05) is 6.54 Å². The van der Waals surface area contributed by atoms with Gasteiger partial charge in [-0.25, -0.2) is 23.1 Å². The van der Waals surface area contributed by atoms with E-state index in [1.165, 1.54) is 23.7 Å². The molecule has 0 aromatic heterocycles. The van der Waals surface area contributed by atoms with Crippen LogP contribution in [0.1, 0.15) is 22.9 Å². The summed E-state index contributed by atoms with van der Waals surface area (Å²) in [6, 6.07) is 16.0. The summed E-state index contributed by atoms with van der Waals surface area (Å²) in [6.45, 7) is 1.73. The highest BCUT2D eigenvalue weighted by molar-refractivity contribution is 7.89. The number of halogens is 2. The molecule has 0 spiro atoms.